The van der Waals surface area contributed by atoms with Crippen molar-refractivity contribution in [2.45, 2.75) is 6.16 Å². The van der Waals surface area contributed by atoms with Gasteiger partial charge in [0.05, 0.1) is 6.16 Å². The van der Waals surface area contributed by atoms with Gasteiger partial charge >= 0.3 is 0 Å². The summed E-state index contributed by atoms with van der Waals surface area (Å²) in [6.07, 6.45) is 0.900. The molecule has 0 aliphatic rings. The largest absolute Gasteiger partial charge is 0.508 e. The first kappa shape index (κ1) is 21.2. The summed E-state index contributed by atoms with van der Waals surface area (Å²) in [5, 5.41) is 14.2. The van der Waals surface area contributed by atoms with Crippen molar-refractivity contribution in [3.05, 3.63) is 145 Å². The van der Waals surface area contributed by atoms with Crippen LogP contribution in [-0.2, 0) is 6.16 Å². The summed E-state index contributed by atoms with van der Waals surface area (Å²) in [6.45, 7) is 0. The zero-order valence-corrected chi connectivity index (χ0v) is 19.3. The predicted molar refractivity (Wildman–Crippen MR) is 142 cm³/mol. The topological polar surface area (TPSA) is 20.2 Å². The van der Waals surface area contributed by atoms with Gasteiger partial charge in [-0.05, 0) is 65.2 Å². The van der Waals surface area contributed by atoms with E-state index in [1.165, 1.54) is 27.0 Å². The Hall–Kier alpha value is -3.67. The maximum atomic E-state index is 10.1. The lowest BCUT2D eigenvalue weighted by Crippen LogP contribution is -2.32. The Labute approximate surface area is 196 Å². The Morgan fingerprint density at radius 2 is 0.970 bits per heavy atom. The van der Waals surface area contributed by atoms with Crippen molar-refractivity contribution >= 4 is 23.2 Å². The van der Waals surface area contributed by atoms with Crippen LogP contribution in [-0.4, -0.2) is 5.11 Å². The van der Waals surface area contributed by atoms with Crippen molar-refractivity contribution in [2.75, 3.05) is 0 Å². The molecule has 0 unspecified atom stereocenters. The standard InChI is InChI=1S/C31H25OP/c32-27-15-12-14-25(23-27)31-22-11-10-13-26(31)24-33(28-16-4-1-5-17-28,29-18-6-2-7-19-29)30-20-8-3-9-21-30/h1-23H,24H2/p+1. The minimum atomic E-state index is -2.00. The third-order valence-electron chi connectivity index (χ3n) is 6.17. The number of benzene rings is 5. The summed E-state index contributed by atoms with van der Waals surface area (Å²) in [4.78, 5) is 0. The van der Waals surface area contributed by atoms with Crippen LogP contribution in [0.2, 0.25) is 0 Å². The van der Waals surface area contributed by atoms with Gasteiger partial charge in [-0.3, -0.25) is 0 Å². The first-order chi connectivity index (χ1) is 16.3. The van der Waals surface area contributed by atoms with E-state index in [1.54, 1.807) is 6.07 Å². The highest BCUT2D eigenvalue weighted by molar-refractivity contribution is 7.95. The molecule has 0 fully saturated rings. The molecule has 0 aliphatic carbocycles. The maximum absolute atomic E-state index is 10.1. The van der Waals surface area contributed by atoms with Crippen molar-refractivity contribution in [3.8, 4) is 16.9 Å². The highest BCUT2D eigenvalue weighted by atomic mass is 31.2. The second-order valence-electron chi connectivity index (χ2n) is 8.18. The third-order valence-corrected chi connectivity index (χ3v) is 10.5. The highest BCUT2D eigenvalue weighted by Crippen LogP contribution is 2.58. The van der Waals surface area contributed by atoms with E-state index < -0.39 is 7.26 Å². The van der Waals surface area contributed by atoms with Crippen LogP contribution < -0.4 is 15.9 Å². The molecule has 5 aromatic rings. The SMILES string of the molecule is Oc1cccc(-c2ccccc2C[P+](c2ccccc2)(c2ccccc2)c2ccccc2)c1. The molecule has 0 heterocycles. The molecule has 0 aliphatic heterocycles. The van der Waals surface area contributed by atoms with Crippen LogP contribution in [0.5, 0.6) is 5.75 Å². The van der Waals surface area contributed by atoms with Crippen molar-refractivity contribution < 1.29 is 5.11 Å². The Morgan fingerprint density at radius 3 is 1.48 bits per heavy atom. The predicted octanol–water partition coefficient (Wildman–Crippen LogP) is 6.55. The normalized spacial score (nSPS) is 11.3. The zero-order valence-electron chi connectivity index (χ0n) is 18.4. The van der Waals surface area contributed by atoms with Crippen molar-refractivity contribution in [1.29, 1.82) is 0 Å². The minimum Gasteiger partial charge on any atom is -0.508 e. The number of rotatable bonds is 6. The number of hydrogen-bond donors (Lipinski definition) is 1. The second-order valence-corrected chi connectivity index (χ2v) is 11.7. The van der Waals surface area contributed by atoms with E-state index in [9.17, 15) is 5.11 Å². The molecule has 0 bridgehead atoms. The first-order valence-electron chi connectivity index (χ1n) is 11.2. The summed E-state index contributed by atoms with van der Waals surface area (Å²) in [6, 6.07) is 49.0. The van der Waals surface area contributed by atoms with Crippen molar-refractivity contribution in [1.82, 2.24) is 0 Å². The van der Waals surface area contributed by atoms with Gasteiger partial charge in [0.1, 0.15) is 28.9 Å². The van der Waals surface area contributed by atoms with Crippen LogP contribution in [0.1, 0.15) is 5.56 Å². The van der Waals surface area contributed by atoms with Crippen LogP contribution in [0.25, 0.3) is 11.1 Å². The van der Waals surface area contributed by atoms with Crippen molar-refractivity contribution in [2.24, 2.45) is 0 Å². The summed E-state index contributed by atoms with van der Waals surface area (Å²) in [7, 11) is -2.00. The fourth-order valence-electron chi connectivity index (χ4n) is 4.64. The Morgan fingerprint density at radius 1 is 0.485 bits per heavy atom. The van der Waals surface area contributed by atoms with E-state index >= 15 is 0 Å². The smallest absolute Gasteiger partial charge is 0.116 e. The van der Waals surface area contributed by atoms with Gasteiger partial charge in [-0.15, -0.1) is 0 Å². The molecule has 0 saturated carbocycles. The third kappa shape index (κ3) is 4.21. The van der Waals surface area contributed by atoms with E-state index in [0.717, 1.165) is 11.7 Å². The molecule has 0 amide bonds. The van der Waals surface area contributed by atoms with E-state index in [0.29, 0.717) is 0 Å². The molecule has 2 heteroatoms. The van der Waals surface area contributed by atoms with Gasteiger partial charge in [-0.25, -0.2) is 0 Å². The average molecular weight is 446 g/mol. The second kappa shape index (κ2) is 9.45. The monoisotopic (exact) mass is 445 g/mol. The van der Waals surface area contributed by atoms with E-state index in [4.69, 9.17) is 0 Å². The molecule has 5 aromatic carbocycles. The Balaban J connectivity index is 1.77. The molecular formula is C31H26OP+. The van der Waals surface area contributed by atoms with Gasteiger partial charge in [-0.2, -0.15) is 0 Å². The summed E-state index contributed by atoms with van der Waals surface area (Å²) in [5.41, 5.74) is 3.49. The molecular weight excluding hydrogens is 419 g/mol. The molecule has 5 rings (SSSR count). The number of hydrogen-bond acceptors (Lipinski definition) is 1. The van der Waals surface area contributed by atoms with Crippen LogP contribution in [0.4, 0.5) is 0 Å². The Kier molecular flexibility index (Phi) is 6.07. The average Bonchev–Trinajstić information content (AvgIpc) is 2.89. The molecule has 0 spiro atoms. The molecule has 0 saturated heterocycles. The van der Waals surface area contributed by atoms with Gasteiger partial charge in [-0.1, -0.05) is 91.0 Å². The number of phenolic OH excluding ortho intramolecular Hbond substituents is 1. The van der Waals surface area contributed by atoms with Crippen molar-refractivity contribution in [3.63, 3.8) is 0 Å². The summed E-state index contributed by atoms with van der Waals surface area (Å²) >= 11 is 0. The molecule has 160 valence electrons. The van der Waals surface area contributed by atoms with E-state index in [2.05, 4.69) is 121 Å². The van der Waals surface area contributed by atoms with Gasteiger partial charge in [0.15, 0.2) is 0 Å². The van der Waals surface area contributed by atoms with Crippen LogP contribution in [0.15, 0.2) is 140 Å². The summed E-state index contributed by atoms with van der Waals surface area (Å²) in [5.74, 6) is 0.289. The fraction of sp³-hybridized carbons (Fsp3) is 0.0323. The van der Waals surface area contributed by atoms with Crippen LogP contribution in [0.3, 0.4) is 0 Å². The molecule has 0 radical (unpaired) electrons. The lowest BCUT2D eigenvalue weighted by atomic mass is 10.0. The lowest BCUT2D eigenvalue weighted by molar-refractivity contribution is 0.475. The van der Waals surface area contributed by atoms with Gasteiger partial charge in [0, 0.05) is 0 Å². The van der Waals surface area contributed by atoms with Gasteiger partial charge < -0.3 is 5.11 Å². The van der Waals surface area contributed by atoms with E-state index in [1.807, 2.05) is 12.1 Å². The van der Waals surface area contributed by atoms with Crippen LogP contribution >= 0.6 is 7.26 Å². The number of phenols is 1. The Bertz CT molecular complexity index is 1230. The maximum Gasteiger partial charge on any atom is 0.116 e. The van der Waals surface area contributed by atoms with Gasteiger partial charge in [0.2, 0.25) is 0 Å². The zero-order chi connectivity index (χ0) is 22.5. The number of aromatic hydroxyl groups is 1. The first-order valence-corrected chi connectivity index (χ1v) is 13.2. The van der Waals surface area contributed by atoms with Crippen LogP contribution in [0, 0.1) is 0 Å². The molecule has 33 heavy (non-hydrogen) atoms. The molecule has 0 atom stereocenters. The van der Waals surface area contributed by atoms with E-state index in [-0.39, 0.29) is 5.75 Å². The molecule has 1 nitrogen and oxygen atoms in total. The molecule has 1 N–H and O–H groups in total. The summed E-state index contributed by atoms with van der Waals surface area (Å²) < 4.78 is 0. The lowest BCUT2D eigenvalue weighted by Gasteiger charge is -2.28. The minimum absolute atomic E-state index is 0.289. The van der Waals surface area contributed by atoms with Gasteiger partial charge in [0.25, 0.3) is 0 Å². The fourth-order valence-corrected chi connectivity index (χ4v) is 8.91. The quantitative estimate of drug-likeness (QED) is 0.294. The molecule has 0 aromatic heterocycles. The highest BCUT2D eigenvalue weighted by Gasteiger charge is 2.45.